The van der Waals surface area contributed by atoms with Crippen LogP contribution >= 0.6 is 0 Å². The molecule has 1 fully saturated rings. The minimum absolute atomic E-state index is 0.676. The Balaban J connectivity index is 1.98. The molecular formula is C8H11N2. The number of aliphatic imine (C=N–C) groups is 2. The van der Waals surface area contributed by atoms with E-state index in [0.29, 0.717) is 5.92 Å². The molecule has 0 saturated heterocycles. The van der Waals surface area contributed by atoms with E-state index < -0.39 is 0 Å². The molecule has 0 spiro atoms. The average Bonchev–Trinajstić information content (AvgIpc) is 2.59. The van der Waals surface area contributed by atoms with Gasteiger partial charge in [0.05, 0.1) is 0 Å². The summed E-state index contributed by atoms with van der Waals surface area (Å²) in [5, 5.41) is 0. The molecule has 2 aliphatic rings. The zero-order valence-corrected chi connectivity index (χ0v) is 5.95. The van der Waals surface area contributed by atoms with Crippen LogP contribution < -0.4 is 0 Å². The van der Waals surface area contributed by atoms with Crippen molar-refractivity contribution in [1.82, 2.24) is 0 Å². The van der Waals surface area contributed by atoms with Crippen molar-refractivity contribution in [3.63, 3.8) is 0 Å². The molecule has 2 nitrogen and oxygen atoms in total. The lowest BCUT2D eigenvalue weighted by molar-refractivity contribution is 0.554. The highest BCUT2D eigenvalue weighted by Crippen LogP contribution is 2.34. The normalized spacial score (nSPS) is 26.8. The van der Waals surface area contributed by atoms with Crippen LogP contribution in [0.1, 0.15) is 25.7 Å². The molecule has 1 radical (unpaired) electrons. The summed E-state index contributed by atoms with van der Waals surface area (Å²) in [6.45, 7) is 0. The second-order valence-corrected chi connectivity index (χ2v) is 2.90. The third kappa shape index (κ3) is 0.981. The topological polar surface area (TPSA) is 24.7 Å². The molecular weight excluding hydrogens is 124 g/mol. The lowest BCUT2D eigenvalue weighted by Crippen LogP contribution is -2.01. The average molecular weight is 135 g/mol. The first kappa shape index (κ1) is 6.08. The van der Waals surface area contributed by atoms with Crippen LogP contribution in [-0.4, -0.2) is 12.4 Å². The molecule has 0 unspecified atom stereocenters. The minimum atomic E-state index is 0.676. The monoisotopic (exact) mass is 135 g/mol. The summed E-state index contributed by atoms with van der Waals surface area (Å²) in [7, 11) is 0. The van der Waals surface area contributed by atoms with Gasteiger partial charge in [0.25, 0.3) is 0 Å². The summed E-state index contributed by atoms with van der Waals surface area (Å²) in [4.78, 5) is 8.37. The molecule has 0 aromatic rings. The van der Waals surface area contributed by atoms with Crippen LogP contribution in [0.5, 0.6) is 0 Å². The van der Waals surface area contributed by atoms with E-state index in [1.165, 1.54) is 25.7 Å². The number of hydrogen-bond acceptors (Lipinski definition) is 2. The molecule has 0 aromatic carbocycles. The van der Waals surface area contributed by atoms with Gasteiger partial charge in [-0.3, -0.25) is 9.98 Å². The summed E-state index contributed by atoms with van der Waals surface area (Å²) in [5.74, 6) is 0.676. The van der Waals surface area contributed by atoms with E-state index in [1.807, 2.05) is 0 Å². The zero-order chi connectivity index (χ0) is 6.81. The summed E-state index contributed by atoms with van der Waals surface area (Å²) < 4.78 is 0. The Morgan fingerprint density at radius 1 is 1.10 bits per heavy atom. The summed E-state index contributed by atoms with van der Waals surface area (Å²) >= 11 is 0. The first-order chi connectivity index (χ1) is 4.97. The molecule has 1 saturated carbocycles. The van der Waals surface area contributed by atoms with E-state index in [-0.39, 0.29) is 0 Å². The largest absolute Gasteiger partial charge is 0.257 e. The van der Waals surface area contributed by atoms with E-state index in [2.05, 4.69) is 9.98 Å². The van der Waals surface area contributed by atoms with Gasteiger partial charge in [0.1, 0.15) is 0 Å². The van der Waals surface area contributed by atoms with E-state index in [9.17, 15) is 0 Å². The van der Waals surface area contributed by atoms with Crippen LogP contribution in [0.2, 0.25) is 0 Å². The number of nitrogens with zero attached hydrogens (tertiary/aromatic N) is 2. The number of rotatable bonds is 1. The van der Waals surface area contributed by atoms with Gasteiger partial charge >= 0.3 is 0 Å². The van der Waals surface area contributed by atoms with Gasteiger partial charge in [0.15, 0.2) is 6.17 Å². The summed E-state index contributed by atoms with van der Waals surface area (Å²) in [6.07, 6.45) is 9.95. The Bertz CT molecular complexity index is 154. The van der Waals surface area contributed by atoms with Gasteiger partial charge in [-0.1, -0.05) is 12.8 Å². The standard InChI is InChI=1S/C8H11N2/c1-2-4-7(3-1)8-9-5-6-10-8/h5-7H,1-4H2. The van der Waals surface area contributed by atoms with E-state index in [0.717, 1.165) is 6.17 Å². The fourth-order valence-electron chi connectivity index (χ4n) is 1.65. The third-order valence-electron chi connectivity index (χ3n) is 2.20. The van der Waals surface area contributed by atoms with Gasteiger partial charge in [-0.2, -0.15) is 0 Å². The molecule has 0 aromatic heterocycles. The van der Waals surface area contributed by atoms with E-state index in [1.54, 1.807) is 12.4 Å². The van der Waals surface area contributed by atoms with Crippen LogP contribution in [0.3, 0.4) is 0 Å². The maximum absolute atomic E-state index is 4.19. The highest BCUT2D eigenvalue weighted by atomic mass is 15.0. The molecule has 0 bridgehead atoms. The highest BCUT2D eigenvalue weighted by molar-refractivity contribution is 6.18. The van der Waals surface area contributed by atoms with Gasteiger partial charge in [0.2, 0.25) is 0 Å². The van der Waals surface area contributed by atoms with Crippen LogP contribution in [0, 0.1) is 12.1 Å². The molecule has 10 heavy (non-hydrogen) atoms. The Kier molecular flexibility index (Phi) is 1.53. The van der Waals surface area contributed by atoms with Crippen LogP contribution in [0.15, 0.2) is 9.98 Å². The van der Waals surface area contributed by atoms with Gasteiger partial charge < -0.3 is 0 Å². The molecule has 53 valence electrons. The first-order valence-electron chi connectivity index (χ1n) is 3.90. The van der Waals surface area contributed by atoms with Crippen molar-refractivity contribution in [3.8, 4) is 0 Å². The van der Waals surface area contributed by atoms with E-state index >= 15 is 0 Å². The lowest BCUT2D eigenvalue weighted by Gasteiger charge is -2.08. The quantitative estimate of drug-likeness (QED) is 0.524. The van der Waals surface area contributed by atoms with Crippen LogP contribution in [0.25, 0.3) is 0 Å². The zero-order valence-electron chi connectivity index (χ0n) is 5.95. The van der Waals surface area contributed by atoms with Crippen molar-refractivity contribution >= 4 is 12.4 Å². The van der Waals surface area contributed by atoms with Crippen LogP contribution in [0.4, 0.5) is 0 Å². The molecule has 2 heteroatoms. The maximum Gasteiger partial charge on any atom is 0.197 e. The molecule has 1 aliphatic carbocycles. The second kappa shape index (κ2) is 2.52. The molecule has 1 aliphatic heterocycles. The van der Waals surface area contributed by atoms with Gasteiger partial charge in [-0.15, -0.1) is 0 Å². The van der Waals surface area contributed by atoms with Crippen molar-refractivity contribution in [2.75, 3.05) is 0 Å². The Morgan fingerprint density at radius 3 is 2.30 bits per heavy atom. The van der Waals surface area contributed by atoms with Crippen molar-refractivity contribution in [1.29, 1.82) is 0 Å². The molecule has 2 rings (SSSR count). The fraction of sp³-hybridized carbons (Fsp3) is 0.625. The van der Waals surface area contributed by atoms with E-state index in [4.69, 9.17) is 0 Å². The SMILES string of the molecule is C1=N[C](C2CCCC2)N=C1. The van der Waals surface area contributed by atoms with Crippen molar-refractivity contribution < 1.29 is 0 Å². The fourth-order valence-corrected chi connectivity index (χ4v) is 1.65. The van der Waals surface area contributed by atoms with Gasteiger partial charge in [-0.05, 0) is 12.8 Å². The second-order valence-electron chi connectivity index (χ2n) is 2.90. The van der Waals surface area contributed by atoms with Gasteiger partial charge in [0, 0.05) is 18.3 Å². The van der Waals surface area contributed by atoms with Crippen LogP contribution in [-0.2, 0) is 0 Å². The predicted molar refractivity (Wildman–Crippen MR) is 42.2 cm³/mol. The third-order valence-corrected chi connectivity index (χ3v) is 2.20. The van der Waals surface area contributed by atoms with Gasteiger partial charge in [-0.25, -0.2) is 0 Å². The molecule has 0 N–H and O–H groups in total. The molecule has 0 amide bonds. The predicted octanol–water partition coefficient (Wildman–Crippen LogP) is 1.82. The molecule has 1 heterocycles. The Labute approximate surface area is 61.1 Å². The smallest absolute Gasteiger partial charge is 0.197 e. The lowest BCUT2D eigenvalue weighted by atomic mass is 10.1. The number of hydrogen-bond donors (Lipinski definition) is 0. The summed E-state index contributed by atoms with van der Waals surface area (Å²) in [5.41, 5.74) is 0. The summed E-state index contributed by atoms with van der Waals surface area (Å²) in [6, 6.07) is 0. The minimum Gasteiger partial charge on any atom is -0.257 e. The van der Waals surface area contributed by atoms with Crippen molar-refractivity contribution in [2.24, 2.45) is 15.9 Å². The highest BCUT2D eigenvalue weighted by Gasteiger charge is 2.25. The first-order valence-corrected chi connectivity index (χ1v) is 3.90. The van der Waals surface area contributed by atoms with Crippen molar-refractivity contribution in [2.45, 2.75) is 25.7 Å². The Morgan fingerprint density at radius 2 is 1.70 bits per heavy atom. The Hall–Kier alpha value is -0.660. The maximum atomic E-state index is 4.19. The molecule has 0 atom stereocenters. The van der Waals surface area contributed by atoms with Crippen molar-refractivity contribution in [3.05, 3.63) is 6.17 Å².